The summed E-state index contributed by atoms with van der Waals surface area (Å²) in [5.74, 6) is -0.719. The first-order valence-corrected chi connectivity index (χ1v) is 7.97. The molecule has 1 fully saturated rings. The van der Waals surface area contributed by atoms with E-state index in [-0.39, 0.29) is 16.1 Å². The van der Waals surface area contributed by atoms with Gasteiger partial charge < -0.3 is 10.1 Å². The van der Waals surface area contributed by atoms with Crippen LogP contribution in [-0.2, 0) is 4.74 Å². The molecule has 20 heavy (non-hydrogen) atoms. The van der Waals surface area contributed by atoms with Crippen molar-refractivity contribution >= 4 is 23.2 Å². The van der Waals surface area contributed by atoms with E-state index in [4.69, 9.17) is 4.74 Å². The van der Waals surface area contributed by atoms with Crippen molar-refractivity contribution in [3.8, 4) is 0 Å². The number of carbonyl (C=O) groups is 1. The van der Waals surface area contributed by atoms with Gasteiger partial charge in [-0.05, 0) is 38.2 Å². The standard InChI is InChI=1S/C15H20FNO2S/c1-11(18)14-12(16)4-3-5-13(14)17-10-15(20-2)6-8-19-9-7-15/h3-5,17H,6-10H2,1-2H3. The van der Waals surface area contributed by atoms with Crippen LogP contribution < -0.4 is 5.32 Å². The third kappa shape index (κ3) is 3.33. The van der Waals surface area contributed by atoms with Gasteiger partial charge in [0.25, 0.3) is 0 Å². The van der Waals surface area contributed by atoms with E-state index in [1.54, 1.807) is 12.1 Å². The highest BCUT2D eigenvalue weighted by Gasteiger charge is 2.31. The maximum Gasteiger partial charge on any atom is 0.164 e. The van der Waals surface area contributed by atoms with Crippen molar-refractivity contribution in [2.45, 2.75) is 24.5 Å². The molecule has 1 N–H and O–H groups in total. The number of rotatable bonds is 5. The van der Waals surface area contributed by atoms with Gasteiger partial charge in [-0.15, -0.1) is 0 Å². The van der Waals surface area contributed by atoms with Crippen LogP contribution in [0.25, 0.3) is 0 Å². The number of thioether (sulfide) groups is 1. The van der Waals surface area contributed by atoms with Gasteiger partial charge in [-0.25, -0.2) is 4.39 Å². The molecule has 0 aromatic heterocycles. The van der Waals surface area contributed by atoms with Gasteiger partial charge in [0.15, 0.2) is 5.78 Å². The molecule has 0 amide bonds. The number of anilines is 1. The molecule has 1 aliphatic rings. The Labute approximate surface area is 123 Å². The highest BCUT2D eigenvalue weighted by atomic mass is 32.2. The van der Waals surface area contributed by atoms with E-state index >= 15 is 0 Å². The number of hydrogen-bond donors (Lipinski definition) is 1. The summed E-state index contributed by atoms with van der Waals surface area (Å²) in [7, 11) is 0. The first-order chi connectivity index (χ1) is 9.58. The molecule has 110 valence electrons. The normalized spacial score (nSPS) is 17.8. The van der Waals surface area contributed by atoms with Crippen LogP contribution in [0, 0.1) is 5.82 Å². The average Bonchev–Trinajstić information content (AvgIpc) is 2.45. The lowest BCUT2D eigenvalue weighted by Crippen LogP contribution is -2.39. The molecule has 0 bridgehead atoms. The summed E-state index contributed by atoms with van der Waals surface area (Å²) in [4.78, 5) is 11.6. The van der Waals surface area contributed by atoms with Crippen molar-refractivity contribution in [3.05, 3.63) is 29.6 Å². The zero-order valence-corrected chi connectivity index (χ0v) is 12.7. The van der Waals surface area contributed by atoms with Crippen LogP contribution in [0.3, 0.4) is 0 Å². The number of hydrogen-bond acceptors (Lipinski definition) is 4. The molecule has 0 radical (unpaired) electrons. The molecule has 5 heteroatoms. The van der Waals surface area contributed by atoms with Gasteiger partial charge in [0.1, 0.15) is 5.82 Å². The summed E-state index contributed by atoms with van der Waals surface area (Å²) in [5, 5.41) is 3.26. The Morgan fingerprint density at radius 2 is 2.15 bits per heavy atom. The number of nitrogens with one attached hydrogen (secondary N) is 1. The Balaban J connectivity index is 2.14. The number of ether oxygens (including phenoxy) is 1. The number of halogens is 1. The summed E-state index contributed by atoms with van der Waals surface area (Å²) in [6.07, 6.45) is 4.02. The highest BCUT2D eigenvalue weighted by Crippen LogP contribution is 2.34. The average molecular weight is 297 g/mol. The second-order valence-electron chi connectivity index (χ2n) is 5.07. The molecule has 1 aromatic carbocycles. The molecule has 1 aromatic rings. The van der Waals surface area contributed by atoms with Crippen LogP contribution in [-0.4, -0.2) is 36.5 Å². The van der Waals surface area contributed by atoms with E-state index in [9.17, 15) is 9.18 Å². The maximum atomic E-state index is 13.8. The Kier molecular flexibility index (Phi) is 5.05. The summed E-state index contributed by atoms with van der Waals surface area (Å²) in [6, 6.07) is 4.70. The van der Waals surface area contributed by atoms with Gasteiger partial charge in [-0.3, -0.25) is 4.79 Å². The van der Waals surface area contributed by atoms with Crippen molar-refractivity contribution < 1.29 is 13.9 Å². The first-order valence-electron chi connectivity index (χ1n) is 6.74. The summed E-state index contributed by atoms with van der Waals surface area (Å²) in [5.41, 5.74) is 0.730. The molecule has 2 rings (SSSR count). The van der Waals surface area contributed by atoms with Gasteiger partial charge in [-0.2, -0.15) is 11.8 Å². The lowest BCUT2D eigenvalue weighted by Gasteiger charge is -2.36. The van der Waals surface area contributed by atoms with Crippen LogP contribution in [0.1, 0.15) is 30.1 Å². The van der Waals surface area contributed by atoms with Crippen LogP contribution in [0.15, 0.2) is 18.2 Å². The highest BCUT2D eigenvalue weighted by molar-refractivity contribution is 8.00. The van der Waals surface area contributed by atoms with Crippen LogP contribution in [0.4, 0.5) is 10.1 Å². The van der Waals surface area contributed by atoms with E-state index in [2.05, 4.69) is 11.6 Å². The zero-order valence-electron chi connectivity index (χ0n) is 11.9. The zero-order chi connectivity index (χ0) is 14.6. The van der Waals surface area contributed by atoms with Gasteiger partial charge in [0.2, 0.25) is 0 Å². The van der Waals surface area contributed by atoms with Gasteiger partial charge in [-0.1, -0.05) is 6.07 Å². The Hall–Kier alpha value is -1.07. The largest absolute Gasteiger partial charge is 0.383 e. The molecular formula is C15H20FNO2S. The van der Waals surface area contributed by atoms with Gasteiger partial charge in [0.05, 0.1) is 5.56 Å². The minimum Gasteiger partial charge on any atom is -0.383 e. The molecule has 0 saturated carbocycles. The minimum atomic E-state index is -0.465. The fourth-order valence-electron chi connectivity index (χ4n) is 2.48. The lowest BCUT2D eigenvalue weighted by atomic mass is 9.98. The quantitative estimate of drug-likeness (QED) is 0.846. The molecule has 0 unspecified atom stereocenters. The molecule has 1 saturated heterocycles. The third-order valence-corrected chi connectivity index (χ3v) is 5.22. The number of ketones is 1. The molecule has 0 aliphatic carbocycles. The lowest BCUT2D eigenvalue weighted by molar-refractivity contribution is 0.0802. The Bertz CT molecular complexity index is 487. The van der Waals surface area contributed by atoms with Crippen molar-refractivity contribution in [3.63, 3.8) is 0 Å². The SMILES string of the molecule is CSC1(CNc2cccc(F)c2C(C)=O)CCOCC1. The molecule has 0 spiro atoms. The summed E-state index contributed by atoms with van der Waals surface area (Å²) in [6.45, 7) is 3.61. The number of carbonyl (C=O) groups excluding carboxylic acids is 1. The molecule has 3 nitrogen and oxygen atoms in total. The van der Waals surface area contributed by atoms with Crippen LogP contribution >= 0.6 is 11.8 Å². The summed E-state index contributed by atoms with van der Waals surface area (Å²) >= 11 is 1.81. The number of Topliss-reactive ketones (excluding diaryl/α,β-unsaturated/α-hetero) is 1. The fraction of sp³-hybridized carbons (Fsp3) is 0.533. The van der Waals surface area contributed by atoms with Crippen molar-refractivity contribution in [1.82, 2.24) is 0 Å². The predicted molar refractivity (Wildman–Crippen MR) is 81.2 cm³/mol. The molecule has 1 heterocycles. The monoisotopic (exact) mass is 297 g/mol. The Morgan fingerprint density at radius 1 is 1.45 bits per heavy atom. The van der Waals surface area contributed by atoms with Crippen molar-refractivity contribution in [1.29, 1.82) is 0 Å². The van der Waals surface area contributed by atoms with Crippen molar-refractivity contribution in [2.24, 2.45) is 0 Å². The van der Waals surface area contributed by atoms with Gasteiger partial charge in [0, 0.05) is 30.2 Å². The van der Waals surface area contributed by atoms with E-state index in [1.807, 2.05) is 11.8 Å². The second kappa shape index (κ2) is 6.59. The Morgan fingerprint density at radius 3 is 2.75 bits per heavy atom. The van der Waals surface area contributed by atoms with E-state index in [0.29, 0.717) is 12.2 Å². The maximum absolute atomic E-state index is 13.8. The van der Waals surface area contributed by atoms with Gasteiger partial charge >= 0.3 is 0 Å². The van der Waals surface area contributed by atoms with E-state index < -0.39 is 5.82 Å². The van der Waals surface area contributed by atoms with E-state index in [1.165, 1.54) is 13.0 Å². The second-order valence-corrected chi connectivity index (χ2v) is 6.35. The number of benzene rings is 1. The predicted octanol–water partition coefficient (Wildman–Crippen LogP) is 3.35. The molecule has 0 atom stereocenters. The molecular weight excluding hydrogens is 277 g/mol. The van der Waals surface area contributed by atoms with Crippen LogP contribution in [0.2, 0.25) is 0 Å². The minimum absolute atomic E-state index is 0.0959. The molecule has 1 aliphatic heterocycles. The fourth-order valence-corrected chi connectivity index (χ4v) is 3.27. The third-order valence-electron chi connectivity index (χ3n) is 3.80. The van der Waals surface area contributed by atoms with Crippen molar-refractivity contribution in [2.75, 3.05) is 31.3 Å². The topological polar surface area (TPSA) is 38.3 Å². The van der Waals surface area contributed by atoms with Crippen LogP contribution in [0.5, 0.6) is 0 Å². The first kappa shape index (κ1) is 15.3. The van der Waals surface area contributed by atoms with E-state index in [0.717, 1.165) is 26.1 Å². The smallest absolute Gasteiger partial charge is 0.164 e. The summed E-state index contributed by atoms with van der Waals surface area (Å²) < 4.78 is 19.3.